The van der Waals surface area contributed by atoms with Crippen LogP contribution >= 0.6 is 11.6 Å². The number of halogens is 3. The molecule has 1 aromatic carbocycles. The van der Waals surface area contributed by atoms with Crippen LogP contribution in [-0.2, 0) is 9.47 Å². The summed E-state index contributed by atoms with van der Waals surface area (Å²) >= 11 is 5.95. The molecule has 3 atom stereocenters. The molecule has 0 radical (unpaired) electrons. The maximum atomic E-state index is 14.7. The number of carbonyl (C=O) groups excluding carboxylic acids is 1. The predicted octanol–water partition coefficient (Wildman–Crippen LogP) is 2.84. The molecule has 28 heavy (non-hydrogen) atoms. The van der Waals surface area contributed by atoms with Crippen LogP contribution in [0.1, 0.15) is 16.6 Å². The first-order valence-electron chi connectivity index (χ1n) is 8.30. The Hall–Kier alpha value is -2.62. The predicted molar refractivity (Wildman–Crippen MR) is 94.1 cm³/mol. The highest BCUT2D eigenvalue weighted by Crippen LogP contribution is 2.44. The third-order valence-corrected chi connectivity index (χ3v) is 4.78. The lowest BCUT2D eigenvalue weighted by atomic mass is 10.1. The van der Waals surface area contributed by atoms with Gasteiger partial charge in [-0.2, -0.15) is 8.78 Å². The quantitative estimate of drug-likeness (QED) is 0.526. The van der Waals surface area contributed by atoms with Crippen LogP contribution in [0.15, 0.2) is 48.9 Å². The number of benzene rings is 1. The lowest BCUT2D eigenvalue weighted by molar-refractivity contribution is -0.138. The monoisotopic (exact) mass is 409 g/mol. The van der Waals surface area contributed by atoms with Crippen molar-refractivity contribution < 1.29 is 28.2 Å². The standard InChI is InChI=1S/C18H14ClF2N3O4/c19-14-11-6-7-24(15(11)23-9-22-14)17-18(20,21)13(25)12(28-17)8-27-16(26)10-4-2-1-3-5-10/h1-7,9,12-13,17,25H,8H2/t12-,13-,17-/m1/s1. The van der Waals surface area contributed by atoms with Gasteiger partial charge in [-0.15, -0.1) is 0 Å². The third-order valence-electron chi connectivity index (χ3n) is 4.48. The summed E-state index contributed by atoms with van der Waals surface area (Å²) in [7, 11) is 0. The molecule has 0 aliphatic carbocycles. The number of aliphatic hydroxyl groups is 1. The van der Waals surface area contributed by atoms with E-state index in [0.29, 0.717) is 5.39 Å². The normalized spacial score (nSPS) is 23.8. The fraction of sp³-hybridized carbons (Fsp3) is 0.278. The Morgan fingerprint density at radius 3 is 2.79 bits per heavy atom. The van der Waals surface area contributed by atoms with Gasteiger partial charge >= 0.3 is 11.9 Å². The fourth-order valence-corrected chi connectivity index (χ4v) is 3.24. The van der Waals surface area contributed by atoms with E-state index in [0.717, 1.165) is 10.9 Å². The first-order valence-corrected chi connectivity index (χ1v) is 8.68. The van der Waals surface area contributed by atoms with E-state index >= 15 is 0 Å². The van der Waals surface area contributed by atoms with Crippen LogP contribution in [0.2, 0.25) is 5.15 Å². The second-order valence-corrected chi connectivity index (χ2v) is 6.59. The summed E-state index contributed by atoms with van der Waals surface area (Å²) in [5.41, 5.74) is 0.403. The third kappa shape index (κ3) is 3.11. The Balaban J connectivity index is 1.54. The van der Waals surface area contributed by atoms with Crippen LogP contribution in [0.5, 0.6) is 0 Å². The smallest absolute Gasteiger partial charge is 0.338 e. The second-order valence-electron chi connectivity index (χ2n) is 6.24. The van der Waals surface area contributed by atoms with Gasteiger partial charge in [-0.05, 0) is 18.2 Å². The SMILES string of the molecule is O=C(OC[C@H]1O[C@@H](n2ccc3c(Cl)ncnc32)C(F)(F)[C@@H]1O)c1ccccc1. The molecule has 10 heteroatoms. The molecule has 3 heterocycles. The number of esters is 1. The Kier molecular flexibility index (Phi) is 4.74. The number of aromatic nitrogens is 3. The maximum Gasteiger partial charge on any atom is 0.338 e. The topological polar surface area (TPSA) is 86.5 Å². The Morgan fingerprint density at radius 1 is 1.29 bits per heavy atom. The molecule has 0 saturated carbocycles. The molecule has 146 valence electrons. The van der Waals surface area contributed by atoms with Crippen LogP contribution in [0.4, 0.5) is 8.78 Å². The van der Waals surface area contributed by atoms with Crippen molar-refractivity contribution in [3.8, 4) is 0 Å². The largest absolute Gasteiger partial charge is 0.459 e. The van der Waals surface area contributed by atoms with Crippen molar-refractivity contribution in [3.63, 3.8) is 0 Å². The van der Waals surface area contributed by atoms with Crippen LogP contribution in [0.25, 0.3) is 11.0 Å². The molecule has 0 unspecified atom stereocenters. The van der Waals surface area contributed by atoms with Crippen LogP contribution in [0, 0.1) is 0 Å². The van der Waals surface area contributed by atoms with E-state index in [1.54, 1.807) is 18.2 Å². The zero-order valence-corrected chi connectivity index (χ0v) is 15.0. The van der Waals surface area contributed by atoms with Gasteiger partial charge in [0.15, 0.2) is 6.10 Å². The molecule has 4 rings (SSSR count). The van der Waals surface area contributed by atoms with E-state index in [9.17, 15) is 18.7 Å². The Labute approximate surface area is 162 Å². The van der Waals surface area contributed by atoms with E-state index in [-0.39, 0.29) is 16.4 Å². The number of carbonyl (C=O) groups is 1. The van der Waals surface area contributed by atoms with E-state index in [1.807, 2.05) is 0 Å². The minimum atomic E-state index is -3.65. The molecule has 0 spiro atoms. The van der Waals surface area contributed by atoms with Gasteiger partial charge in [0.2, 0.25) is 6.23 Å². The number of nitrogens with zero attached hydrogens (tertiary/aromatic N) is 3. The van der Waals surface area contributed by atoms with Crippen molar-refractivity contribution in [3.05, 3.63) is 59.6 Å². The van der Waals surface area contributed by atoms with Gasteiger partial charge in [0.1, 0.15) is 29.8 Å². The van der Waals surface area contributed by atoms with Crippen molar-refractivity contribution in [2.75, 3.05) is 6.61 Å². The lowest BCUT2D eigenvalue weighted by Crippen LogP contribution is -2.39. The van der Waals surface area contributed by atoms with Gasteiger partial charge in [-0.1, -0.05) is 29.8 Å². The Morgan fingerprint density at radius 2 is 2.04 bits per heavy atom. The van der Waals surface area contributed by atoms with Crippen LogP contribution in [0.3, 0.4) is 0 Å². The summed E-state index contributed by atoms with van der Waals surface area (Å²) in [4.78, 5) is 19.8. The summed E-state index contributed by atoms with van der Waals surface area (Å²) in [6.45, 7) is -0.532. The highest BCUT2D eigenvalue weighted by Gasteiger charge is 2.59. The molecule has 1 N–H and O–H groups in total. The van der Waals surface area contributed by atoms with E-state index < -0.39 is 36.9 Å². The van der Waals surface area contributed by atoms with E-state index in [1.165, 1.54) is 24.4 Å². The maximum absolute atomic E-state index is 14.7. The number of ether oxygens (including phenoxy) is 2. The molecule has 0 bridgehead atoms. The van der Waals surface area contributed by atoms with E-state index in [4.69, 9.17) is 21.1 Å². The molecule has 1 fully saturated rings. The zero-order chi connectivity index (χ0) is 19.9. The lowest BCUT2D eigenvalue weighted by Gasteiger charge is -2.21. The summed E-state index contributed by atoms with van der Waals surface area (Å²) in [6.07, 6.45) is -2.96. The van der Waals surface area contributed by atoms with Gasteiger partial charge in [0.25, 0.3) is 0 Å². The molecule has 2 aromatic heterocycles. The first-order chi connectivity index (χ1) is 13.4. The number of hydrogen-bond acceptors (Lipinski definition) is 6. The summed E-state index contributed by atoms with van der Waals surface area (Å²) in [5.74, 6) is -4.35. The molecular formula is C18H14ClF2N3O4. The molecule has 1 aliphatic heterocycles. The van der Waals surface area contributed by atoms with Gasteiger partial charge in [0.05, 0.1) is 10.9 Å². The van der Waals surface area contributed by atoms with Crippen molar-refractivity contribution in [2.45, 2.75) is 24.4 Å². The van der Waals surface area contributed by atoms with Crippen molar-refractivity contribution in [1.29, 1.82) is 0 Å². The van der Waals surface area contributed by atoms with Crippen LogP contribution in [-0.4, -0.2) is 50.3 Å². The van der Waals surface area contributed by atoms with Crippen molar-refractivity contribution in [2.24, 2.45) is 0 Å². The summed E-state index contributed by atoms with van der Waals surface area (Å²) < 4.78 is 40.8. The first kappa shape index (κ1) is 18.7. The number of rotatable bonds is 4. The minimum absolute atomic E-state index is 0.110. The molecular weight excluding hydrogens is 396 g/mol. The molecule has 0 amide bonds. The fourth-order valence-electron chi connectivity index (χ4n) is 3.05. The number of hydrogen-bond donors (Lipinski definition) is 1. The van der Waals surface area contributed by atoms with Gasteiger partial charge < -0.3 is 19.1 Å². The minimum Gasteiger partial charge on any atom is -0.459 e. The highest BCUT2D eigenvalue weighted by molar-refractivity contribution is 6.33. The molecule has 1 aliphatic rings. The highest BCUT2D eigenvalue weighted by atomic mass is 35.5. The number of alkyl halides is 2. The summed E-state index contributed by atoms with van der Waals surface area (Å²) in [6, 6.07) is 9.55. The molecule has 7 nitrogen and oxygen atoms in total. The van der Waals surface area contributed by atoms with Crippen molar-refractivity contribution in [1.82, 2.24) is 14.5 Å². The van der Waals surface area contributed by atoms with Gasteiger partial charge in [0, 0.05) is 6.20 Å². The second kappa shape index (κ2) is 7.08. The summed E-state index contributed by atoms with van der Waals surface area (Å²) in [5, 5.41) is 10.5. The van der Waals surface area contributed by atoms with E-state index in [2.05, 4.69) is 9.97 Å². The zero-order valence-electron chi connectivity index (χ0n) is 14.2. The van der Waals surface area contributed by atoms with Gasteiger partial charge in [-0.3, -0.25) is 0 Å². The molecule has 1 saturated heterocycles. The van der Waals surface area contributed by atoms with Gasteiger partial charge in [-0.25, -0.2) is 14.8 Å². The average molecular weight is 410 g/mol. The van der Waals surface area contributed by atoms with Crippen LogP contribution < -0.4 is 0 Å². The average Bonchev–Trinajstić information content (AvgIpc) is 3.21. The van der Waals surface area contributed by atoms with Crippen molar-refractivity contribution >= 4 is 28.6 Å². The number of aliphatic hydroxyl groups excluding tert-OH is 1. The number of fused-ring (bicyclic) bond motifs is 1. The molecule has 3 aromatic rings. The Bertz CT molecular complexity index is 1010.